The monoisotopic (exact) mass is 406 g/mol. The van der Waals surface area contributed by atoms with Gasteiger partial charge in [0.1, 0.15) is 12.4 Å². The van der Waals surface area contributed by atoms with Gasteiger partial charge in [0.25, 0.3) is 0 Å². The van der Waals surface area contributed by atoms with Gasteiger partial charge < -0.3 is 14.6 Å². The summed E-state index contributed by atoms with van der Waals surface area (Å²) in [5.74, 6) is 0.649. The molecule has 0 unspecified atom stereocenters. The van der Waals surface area contributed by atoms with Crippen LogP contribution < -0.4 is 9.47 Å². The van der Waals surface area contributed by atoms with Gasteiger partial charge in [-0.05, 0) is 31.2 Å². The van der Waals surface area contributed by atoms with Crippen LogP contribution in [-0.4, -0.2) is 21.0 Å². The van der Waals surface area contributed by atoms with E-state index in [0.29, 0.717) is 28.9 Å². The van der Waals surface area contributed by atoms with Gasteiger partial charge >= 0.3 is 6.16 Å². The first-order chi connectivity index (χ1) is 12.9. The third kappa shape index (κ3) is 4.93. The number of rotatable bonds is 6. The third-order valence-electron chi connectivity index (χ3n) is 3.83. The first-order valence-corrected chi connectivity index (χ1v) is 8.78. The van der Waals surface area contributed by atoms with Gasteiger partial charge in [-0.15, -0.1) is 5.10 Å². The molecule has 0 aliphatic rings. The van der Waals surface area contributed by atoms with Crippen LogP contribution in [0.25, 0.3) is 0 Å². The number of aryl methyl sites for hydroxylation is 1. The number of hydrogen-bond acceptors (Lipinski definition) is 4. The van der Waals surface area contributed by atoms with Gasteiger partial charge in [0.15, 0.2) is 0 Å². The van der Waals surface area contributed by atoms with Gasteiger partial charge in [-0.3, -0.25) is 4.68 Å². The zero-order valence-corrected chi connectivity index (χ0v) is 15.9. The number of halogens is 2. The molecule has 27 heavy (non-hydrogen) atoms. The summed E-state index contributed by atoms with van der Waals surface area (Å²) in [5.41, 5.74) is 2.40. The van der Waals surface area contributed by atoms with Crippen LogP contribution in [0.1, 0.15) is 16.8 Å². The number of ether oxygens (including phenoxy) is 2. The van der Waals surface area contributed by atoms with Crippen LogP contribution in [0.15, 0.2) is 48.5 Å². The van der Waals surface area contributed by atoms with Crippen molar-refractivity contribution < 1.29 is 19.4 Å². The molecular weight excluding hydrogens is 391 g/mol. The molecule has 0 saturated carbocycles. The van der Waals surface area contributed by atoms with Crippen LogP contribution in [0.5, 0.6) is 11.6 Å². The summed E-state index contributed by atoms with van der Waals surface area (Å²) in [7, 11) is 0. The lowest BCUT2D eigenvalue weighted by Gasteiger charge is -2.13. The smallest absolute Gasteiger partial charge is 0.488 e. The van der Waals surface area contributed by atoms with Crippen molar-refractivity contribution in [1.29, 1.82) is 0 Å². The van der Waals surface area contributed by atoms with Gasteiger partial charge in [0, 0.05) is 32.9 Å². The number of carbonyl (C=O) groups is 1. The van der Waals surface area contributed by atoms with Crippen molar-refractivity contribution >= 4 is 29.4 Å². The van der Waals surface area contributed by atoms with E-state index < -0.39 is 6.16 Å². The SMILES string of the molecule is Cc1cc(OC(=O)O)nn1Cc1cc(Cl)ccc1OCc1ccccc1Cl. The fourth-order valence-electron chi connectivity index (χ4n) is 2.52. The number of benzene rings is 2. The summed E-state index contributed by atoms with van der Waals surface area (Å²) >= 11 is 12.3. The summed E-state index contributed by atoms with van der Waals surface area (Å²) in [6.45, 7) is 2.45. The molecule has 0 fully saturated rings. The van der Waals surface area contributed by atoms with E-state index in [-0.39, 0.29) is 5.88 Å². The van der Waals surface area contributed by atoms with E-state index in [0.717, 1.165) is 16.8 Å². The molecule has 0 bridgehead atoms. The minimum atomic E-state index is -1.41. The molecular formula is C19H16Cl2N2O4. The van der Waals surface area contributed by atoms with Crippen molar-refractivity contribution in [1.82, 2.24) is 9.78 Å². The second kappa shape index (κ2) is 8.33. The van der Waals surface area contributed by atoms with E-state index in [1.54, 1.807) is 41.9 Å². The van der Waals surface area contributed by atoms with Crippen molar-refractivity contribution in [3.8, 4) is 11.6 Å². The van der Waals surface area contributed by atoms with Crippen LogP contribution in [0.2, 0.25) is 10.0 Å². The molecule has 3 aromatic rings. The fraction of sp³-hybridized carbons (Fsp3) is 0.158. The third-order valence-corrected chi connectivity index (χ3v) is 4.44. The van der Waals surface area contributed by atoms with Gasteiger partial charge in [0.05, 0.1) is 6.54 Å². The van der Waals surface area contributed by atoms with Gasteiger partial charge in [-0.1, -0.05) is 41.4 Å². The van der Waals surface area contributed by atoms with Crippen LogP contribution >= 0.6 is 23.2 Å². The Bertz CT molecular complexity index is 972. The van der Waals surface area contributed by atoms with E-state index in [1.807, 2.05) is 18.2 Å². The lowest BCUT2D eigenvalue weighted by atomic mass is 10.2. The number of aromatic nitrogens is 2. The Morgan fingerprint density at radius 3 is 2.67 bits per heavy atom. The van der Waals surface area contributed by atoms with Crippen molar-refractivity contribution in [3.05, 3.63) is 75.4 Å². The van der Waals surface area contributed by atoms with Crippen LogP contribution in [0, 0.1) is 6.92 Å². The average Bonchev–Trinajstić information content (AvgIpc) is 2.94. The molecule has 8 heteroatoms. The molecule has 1 aromatic heterocycles. The first kappa shape index (κ1) is 19.1. The van der Waals surface area contributed by atoms with Crippen molar-refractivity contribution in [2.75, 3.05) is 0 Å². The lowest BCUT2D eigenvalue weighted by molar-refractivity contribution is 0.142. The van der Waals surface area contributed by atoms with Crippen LogP contribution in [0.3, 0.4) is 0 Å². The van der Waals surface area contributed by atoms with E-state index in [9.17, 15) is 4.79 Å². The highest BCUT2D eigenvalue weighted by atomic mass is 35.5. The molecule has 1 N–H and O–H groups in total. The Labute approximate surface area is 165 Å². The van der Waals surface area contributed by atoms with Gasteiger partial charge in [-0.25, -0.2) is 4.79 Å². The Hall–Kier alpha value is -2.70. The predicted molar refractivity (Wildman–Crippen MR) is 102 cm³/mol. The molecule has 0 aliphatic carbocycles. The normalized spacial score (nSPS) is 10.6. The van der Waals surface area contributed by atoms with E-state index in [2.05, 4.69) is 9.84 Å². The summed E-state index contributed by atoms with van der Waals surface area (Å²) in [6.07, 6.45) is -1.41. The van der Waals surface area contributed by atoms with Gasteiger partial charge in [-0.2, -0.15) is 0 Å². The maximum atomic E-state index is 10.7. The molecule has 140 valence electrons. The second-order valence-electron chi connectivity index (χ2n) is 5.78. The quantitative estimate of drug-likeness (QED) is 0.570. The molecule has 0 amide bonds. The Balaban J connectivity index is 1.81. The maximum absolute atomic E-state index is 10.7. The standard InChI is InChI=1S/C19H16Cl2N2O4/c1-12-8-18(27-19(24)25)22-23(12)10-14-9-15(20)6-7-17(14)26-11-13-4-2-3-5-16(13)21/h2-9H,10-11H2,1H3,(H,24,25). The topological polar surface area (TPSA) is 73.6 Å². The molecule has 0 radical (unpaired) electrons. The highest BCUT2D eigenvalue weighted by molar-refractivity contribution is 6.31. The zero-order chi connectivity index (χ0) is 19.4. The molecule has 1 heterocycles. The molecule has 0 atom stereocenters. The summed E-state index contributed by atoms with van der Waals surface area (Å²) in [6, 6.07) is 14.3. The Morgan fingerprint density at radius 2 is 1.93 bits per heavy atom. The molecule has 6 nitrogen and oxygen atoms in total. The van der Waals surface area contributed by atoms with Crippen molar-refractivity contribution in [3.63, 3.8) is 0 Å². The Kier molecular flexibility index (Phi) is 5.88. The van der Waals surface area contributed by atoms with E-state index in [4.69, 9.17) is 33.0 Å². The van der Waals surface area contributed by atoms with E-state index in [1.165, 1.54) is 0 Å². The van der Waals surface area contributed by atoms with Crippen LogP contribution in [-0.2, 0) is 13.2 Å². The van der Waals surface area contributed by atoms with E-state index >= 15 is 0 Å². The van der Waals surface area contributed by atoms with Crippen molar-refractivity contribution in [2.24, 2.45) is 0 Å². The largest absolute Gasteiger partial charge is 0.512 e. The lowest BCUT2D eigenvalue weighted by Crippen LogP contribution is -2.08. The maximum Gasteiger partial charge on any atom is 0.512 e. The average molecular weight is 407 g/mol. The molecule has 2 aromatic carbocycles. The molecule has 0 aliphatic heterocycles. The zero-order valence-electron chi connectivity index (χ0n) is 14.4. The number of nitrogens with zero attached hydrogens (tertiary/aromatic N) is 2. The summed E-state index contributed by atoms with van der Waals surface area (Å²) in [5, 5.41) is 14.0. The molecule has 3 rings (SSSR count). The second-order valence-corrected chi connectivity index (χ2v) is 6.63. The van der Waals surface area contributed by atoms with Gasteiger partial charge in [0.2, 0.25) is 5.88 Å². The highest BCUT2D eigenvalue weighted by Crippen LogP contribution is 2.27. The van der Waals surface area contributed by atoms with Crippen molar-refractivity contribution in [2.45, 2.75) is 20.1 Å². The first-order valence-electron chi connectivity index (χ1n) is 8.02. The molecule has 0 spiro atoms. The summed E-state index contributed by atoms with van der Waals surface area (Å²) < 4.78 is 12.1. The molecule has 0 saturated heterocycles. The fourth-order valence-corrected chi connectivity index (χ4v) is 2.91. The predicted octanol–water partition coefficient (Wildman–Crippen LogP) is 5.18. The summed E-state index contributed by atoms with van der Waals surface area (Å²) in [4.78, 5) is 10.7. The number of carboxylic acid groups (broad SMARTS) is 1. The minimum Gasteiger partial charge on any atom is -0.488 e. The minimum absolute atomic E-state index is 0.0144. The number of hydrogen-bond donors (Lipinski definition) is 1. The van der Waals surface area contributed by atoms with Crippen LogP contribution in [0.4, 0.5) is 4.79 Å². The highest BCUT2D eigenvalue weighted by Gasteiger charge is 2.12. The Morgan fingerprint density at radius 1 is 1.15 bits per heavy atom.